The van der Waals surface area contributed by atoms with Gasteiger partial charge in [-0.1, -0.05) is 103 Å². The van der Waals surface area contributed by atoms with Gasteiger partial charge in [0.25, 0.3) is 0 Å². The highest BCUT2D eigenvalue weighted by Gasteiger charge is 2.22. The number of furan rings is 2. The molecule has 0 aliphatic rings. The summed E-state index contributed by atoms with van der Waals surface area (Å²) in [5, 5.41) is 8.45. The molecule has 0 radical (unpaired) electrons. The topological polar surface area (TPSA) is 82.8 Å². The number of pyridine rings is 1. The smallest absolute Gasteiger partial charge is 0.227 e. The normalized spacial score (nSPS) is 12.0. The minimum atomic E-state index is 0.501. The van der Waals surface area contributed by atoms with Crippen molar-refractivity contribution < 1.29 is 8.83 Å². The minimum absolute atomic E-state index is 0.501. The number of hydrogen-bond donors (Lipinski definition) is 0. The Morgan fingerprint density at radius 2 is 1.05 bits per heavy atom. The van der Waals surface area contributed by atoms with Crippen molar-refractivity contribution in [1.82, 2.24) is 24.5 Å². The Morgan fingerprint density at radius 3 is 1.89 bits per heavy atom. The highest BCUT2D eigenvalue weighted by molar-refractivity contribution is 6.13. The van der Waals surface area contributed by atoms with Gasteiger partial charge in [0.15, 0.2) is 17.5 Å². The number of fused-ring (bicyclic) bond motifs is 10. The zero-order valence-electron chi connectivity index (χ0n) is 29.1. The van der Waals surface area contributed by atoms with E-state index in [-0.39, 0.29) is 0 Å². The molecule has 0 aliphatic carbocycles. The molecule has 0 atom stereocenters. The summed E-state index contributed by atoms with van der Waals surface area (Å²) in [5.74, 6) is 1.58. The van der Waals surface area contributed by atoms with Gasteiger partial charge < -0.3 is 13.4 Å². The average molecular weight is 706 g/mol. The third-order valence-corrected chi connectivity index (χ3v) is 10.7. The molecule has 0 fully saturated rings. The summed E-state index contributed by atoms with van der Waals surface area (Å²) >= 11 is 0. The second kappa shape index (κ2) is 11.4. The molecule has 0 saturated heterocycles. The van der Waals surface area contributed by atoms with E-state index >= 15 is 0 Å². The first-order valence-electron chi connectivity index (χ1n) is 18.2. The molecule has 7 aromatic carbocycles. The highest BCUT2D eigenvalue weighted by atomic mass is 16.3. The molecule has 256 valence electrons. The molecule has 0 aliphatic heterocycles. The predicted molar refractivity (Wildman–Crippen MR) is 220 cm³/mol. The minimum Gasteiger partial charge on any atom is -0.456 e. The number of aromatic nitrogens is 5. The second-order valence-corrected chi connectivity index (χ2v) is 13.8. The van der Waals surface area contributed by atoms with Crippen LogP contribution in [0.5, 0.6) is 0 Å². The lowest BCUT2D eigenvalue weighted by molar-refractivity contribution is 0.654. The Hall–Kier alpha value is -7.64. The van der Waals surface area contributed by atoms with E-state index in [4.69, 9.17) is 23.8 Å². The molecule has 0 N–H and O–H groups in total. The lowest BCUT2D eigenvalue weighted by Crippen LogP contribution is -2.02. The average Bonchev–Trinajstić information content (AvgIpc) is 3.93. The van der Waals surface area contributed by atoms with Gasteiger partial charge in [0.05, 0.1) is 22.3 Å². The maximum absolute atomic E-state index is 6.42. The highest BCUT2D eigenvalue weighted by Crippen LogP contribution is 2.40. The van der Waals surface area contributed by atoms with Crippen LogP contribution in [0.3, 0.4) is 0 Å². The van der Waals surface area contributed by atoms with Crippen LogP contribution in [-0.2, 0) is 0 Å². The first-order valence-corrected chi connectivity index (χ1v) is 18.2. The fourth-order valence-electron chi connectivity index (χ4n) is 8.30. The fourth-order valence-corrected chi connectivity index (χ4v) is 8.30. The van der Waals surface area contributed by atoms with Crippen molar-refractivity contribution in [2.24, 2.45) is 0 Å². The van der Waals surface area contributed by atoms with E-state index in [1.54, 1.807) is 6.20 Å². The van der Waals surface area contributed by atoms with Gasteiger partial charge in [-0.05, 0) is 60.0 Å². The molecule has 12 rings (SSSR count). The number of nitrogens with zero attached hydrogens (tertiary/aromatic N) is 5. The Labute approximate surface area is 312 Å². The van der Waals surface area contributed by atoms with E-state index in [2.05, 4.69) is 113 Å². The van der Waals surface area contributed by atoms with Gasteiger partial charge in [-0.15, -0.1) is 0 Å². The van der Waals surface area contributed by atoms with E-state index in [0.717, 1.165) is 76.9 Å². The summed E-state index contributed by atoms with van der Waals surface area (Å²) in [7, 11) is 0. The van der Waals surface area contributed by atoms with E-state index in [1.807, 2.05) is 54.6 Å². The molecule has 0 saturated carbocycles. The van der Waals surface area contributed by atoms with Crippen molar-refractivity contribution in [1.29, 1.82) is 0 Å². The van der Waals surface area contributed by atoms with Gasteiger partial charge >= 0.3 is 0 Å². The molecular formula is C48H27N5O2. The molecule has 7 nitrogen and oxygen atoms in total. The standard InChI is InChI=1S/C48H27N5O2/c1-2-13-30-28(12-1)26-29(27-40(30)53-38-21-6-3-14-31(38)32-15-4-7-22-39(32)53)45-50-46(36-18-10-24-42-43(36)35-16-5-8-23-41(35)54-42)52-47(51-45)37-19-9-17-33-34-20-11-25-49-48(34)55-44(33)37/h1-27H. The SMILES string of the molecule is c1ccc2c(-n3c4ccccc4c4ccccc43)cc(-c3nc(-c4cccc5c4oc4ncccc45)nc(-c4cccc5oc6ccccc6c45)n3)cc2c1. The number of para-hydroxylation sites is 4. The summed E-state index contributed by atoms with van der Waals surface area (Å²) in [5.41, 5.74) is 8.61. The Bertz CT molecular complexity index is 3470. The molecule has 7 heteroatoms. The summed E-state index contributed by atoms with van der Waals surface area (Å²) < 4.78 is 15.1. The first kappa shape index (κ1) is 29.9. The van der Waals surface area contributed by atoms with Crippen molar-refractivity contribution >= 4 is 76.6 Å². The molecule has 0 amide bonds. The quantitative estimate of drug-likeness (QED) is 0.181. The van der Waals surface area contributed by atoms with Crippen LogP contribution in [0.2, 0.25) is 0 Å². The maximum Gasteiger partial charge on any atom is 0.227 e. The van der Waals surface area contributed by atoms with E-state index in [1.165, 1.54) is 10.8 Å². The first-order chi connectivity index (χ1) is 27.3. The van der Waals surface area contributed by atoms with Crippen LogP contribution in [0.4, 0.5) is 0 Å². The van der Waals surface area contributed by atoms with Crippen LogP contribution < -0.4 is 0 Å². The largest absolute Gasteiger partial charge is 0.456 e. The van der Waals surface area contributed by atoms with Crippen LogP contribution in [0.25, 0.3) is 116 Å². The van der Waals surface area contributed by atoms with E-state index in [0.29, 0.717) is 28.8 Å². The molecule has 5 heterocycles. The van der Waals surface area contributed by atoms with Crippen molar-refractivity contribution in [3.05, 3.63) is 164 Å². The predicted octanol–water partition coefficient (Wildman–Crippen LogP) is 12.3. The van der Waals surface area contributed by atoms with E-state index in [9.17, 15) is 0 Å². The zero-order valence-corrected chi connectivity index (χ0v) is 29.1. The molecule has 0 bridgehead atoms. The van der Waals surface area contributed by atoms with Crippen LogP contribution in [-0.4, -0.2) is 24.5 Å². The Balaban J connectivity index is 1.17. The summed E-state index contributed by atoms with van der Waals surface area (Å²) in [6.07, 6.45) is 1.74. The molecule has 0 spiro atoms. The Kier molecular flexibility index (Phi) is 6.21. The fraction of sp³-hybridized carbons (Fsp3) is 0. The third kappa shape index (κ3) is 4.44. The van der Waals surface area contributed by atoms with Gasteiger partial charge in [0.1, 0.15) is 16.7 Å². The van der Waals surface area contributed by atoms with Crippen molar-refractivity contribution in [3.8, 4) is 39.9 Å². The van der Waals surface area contributed by atoms with Gasteiger partial charge in [0, 0.05) is 55.0 Å². The summed E-state index contributed by atoms with van der Waals surface area (Å²) in [6.45, 7) is 0. The number of rotatable bonds is 4. The van der Waals surface area contributed by atoms with Gasteiger partial charge in [0.2, 0.25) is 5.71 Å². The molecule has 12 aromatic rings. The zero-order chi connectivity index (χ0) is 36.0. The molecule has 55 heavy (non-hydrogen) atoms. The van der Waals surface area contributed by atoms with Gasteiger partial charge in [-0.2, -0.15) is 0 Å². The van der Waals surface area contributed by atoms with Crippen molar-refractivity contribution in [2.45, 2.75) is 0 Å². The van der Waals surface area contributed by atoms with Gasteiger partial charge in [-0.25, -0.2) is 19.9 Å². The van der Waals surface area contributed by atoms with Gasteiger partial charge in [-0.3, -0.25) is 0 Å². The Morgan fingerprint density at radius 1 is 0.436 bits per heavy atom. The van der Waals surface area contributed by atoms with Crippen molar-refractivity contribution in [3.63, 3.8) is 0 Å². The van der Waals surface area contributed by atoms with Crippen molar-refractivity contribution in [2.75, 3.05) is 0 Å². The van der Waals surface area contributed by atoms with Crippen LogP contribution in [0, 0.1) is 0 Å². The lowest BCUT2D eigenvalue weighted by atomic mass is 10.0. The third-order valence-electron chi connectivity index (χ3n) is 10.7. The molecule has 5 aromatic heterocycles. The number of benzene rings is 7. The van der Waals surface area contributed by atoms with Crippen LogP contribution >= 0.6 is 0 Å². The summed E-state index contributed by atoms with van der Waals surface area (Å²) in [4.78, 5) is 20.3. The number of hydrogen-bond acceptors (Lipinski definition) is 6. The summed E-state index contributed by atoms with van der Waals surface area (Å²) in [6, 6.07) is 54.2. The van der Waals surface area contributed by atoms with E-state index < -0.39 is 0 Å². The molecular weight excluding hydrogens is 679 g/mol. The second-order valence-electron chi connectivity index (χ2n) is 13.8. The monoisotopic (exact) mass is 705 g/mol. The van der Waals surface area contributed by atoms with Crippen LogP contribution in [0.1, 0.15) is 0 Å². The lowest BCUT2D eigenvalue weighted by Gasteiger charge is -2.15. The van der Waals surface area contributed by atoms with Crippen LogP contribution in [0.15, 0.2) is 173 Å². The maximum atomic E-state index is 6.42. The molecule has 0 unspecified atom stereocenters.